The van der Waals surface area contributed by atoms with Crippen molar-refractivity contribution in [1.29, 1.82) is 0 Å². The van der Waals surface area contributed by atoms with Gasteiger partial charge in [-0.15, -0.1) is 11.3 Å². The molecular weight excluding hydrogens is 264 g/mol. The summed E-state index contributed by atoms with van der Waals surface area (Å²) < 4.78 is 0. The van der Waals surface area contributed by atoms with Gasteiger partial charge in [-0.05, 0) is 31.0 Å². The summed E-state index contributed by atoms with van der Waals surface area (Å²) >= 11 is 7.68. The van der Waals surface area contributed by atoms with Crippen LogP contribution in [0.15, 0.2) is 35.8 Å². The van der Waals surface area contributed by atoms with Gasteiger partial charge in [-0.2, -0.15) is 0 Å². The zero-order chi connectivity index (χ0) is 12.8. The lowest BCUT2D eigenvalue weighted by atomic mass is 10.1. The number of benzene rings is 1. The van der Waals surface area contributed by atoms with Crippen LogP contribution in [-0.4, -0.2) is 17.6 Å². The van der Waals surface area contributed by atoms with Crippen molar-refractivity contribution in [2.24, 2.45) is 0 Å². The lowest BCUT2D eigenvalue weighted by Crippen LogP contribution is -2.29. The van der Waals surface area contributed by atoms with Crippen molar-refractivity contribution in [1.82, 2.24) is 10.3 Å². The molecule has 1 aromatic carbocycles. The third-order valence-corrected chi connectivity index (χ3v) is 3.82. The number of rotatable bonds is 6. The Hall–Kier alpha value is -0.900. The van der Waals surface area contributed by atoms with Crippen LogP contribution in [0.4, 0.5) is 0 Å². The molecular formula is C14H17ClN2S. The van der Waals surface area contributed by atoms with E-state index in [2.05, 4.69) is 23.3 Å². The van der Waals surface area contributed by atoms with Gasteiger partial charge in [-0.25, -0.2) is 4.98 Å². The molecule has 4 heteroatoms. The minimum atomic E-state index is 0.448. The first-order chi connectivity index (χ1) is 8.74. The number of aromatic nitrogens is 1. The zero-order valence-electron chi connectivity index (χ0n) is 10.4. The second-order valence-corrected chi connectivity index (χ2v) is 5.78. The third kappa shape index (κ3) is 4.41. The van der Waals surface area contributed by atoms with Gasteiger partial charge < -0.3 is 5.32 Å². The van der Waals surface area contributed by atoms with E-state index in [4.69, 9.17) is 11.6 Å². The van der Waals surface area contributed by atoms with Gasteiger partial charge >= 0.3 is 0 Å². The molecule has 1 N–H and O–H groups in total. The summed E-state index contributed by atoms with van der Waals surface area (Å²) in [5.74, 6) is 0. The molecule has 0 saturated heterocycles. The Kier molecular flexibility index (Phi) is 5.17. The van der Waals surface area contributed by atoms with E-state index in [9.17, 15) is 0 Å². The lowest BCUT2D eigenvalue weighted by molar-refractivity contribution is 0.548. The predicted molar refractivity (Wildman–Crippen MR) is 78.4 cm³/mol. The molecule has 1 atom stereocenters. The lowest BCUT2D eigenvalue weighted by Gasteiger charge is -2.13. The quantitative estimate of drug-likeness (QED) is 0.875. The van der Waals surface area contributed by atoms with Crippen molar-refractivity contribution in [3.8, 4) is 0 Å². The summed E-state index contributed by atoms with van der Waals surface area (Å²) in [6, 6.07) is 8.50. The van der Waals surface area contributed by atoms with Crippen LogP contribution in [0.5, 0.6) is 0 Å². The Bertz CT molecular complexity index is 470. The second-order valence-electron chi connectivity index (χ2n) is 4.37. The molecule has 2 nitrogen and oxygen atoms in total. The van der Waals surface area contributed by atoms with Crippen LogP contribution in [0, 0.1) is 0 Å². The highest BCUT2D eigenvalue weighted by atomic mass is 35.5. The Morgan fingerprint density at radius 3 is 3.06 bits per heavy atom. The van der Waals surface area contributed by atoms with Crippen LogP contribution in [-0.2, 0) is 12.8 Å². The molecule has 2 rings (SSSR count). The first-order valence-corrected chi connectivity index (χ1v) is 7.36. The molecule has 0 aliphatic rings. The average molecular weight is 281 g/mol. The molecule has 96 valence electrons. The Morgan fingerprint density at radius 1 is 1.44 bits per heavy atom. The molecule has 0 fully saturated rings. The van der Waals surface area contributed by atoms with E-state index in [0.29, 0.717) is 6.04 Å². The molecule has 18 heavy (non-hydrogen) atoms. The van der Waals surface area contributed by atoms with E-state index in [1.807, 2.05) is 29.8 Å². The minimum absolute atomic E-state index is 0.448. The maximum atomic E-state index is 5.97. The van der Waals surface area contributed by atoms with Crippen LogP contribution < -0.4 is 5.32 Å². The molecule has 1 unspecified atom stereocenters. The molecule has 0 amide bonds. The SMILES string of the molecule is CC(Cc1cccc(Cl)c1)NCCc1nccs1. The average Bonchev–Trinajstić information content (AvgIpc) is 2.82. The number of thiazole rings is 1. The fraction of sp³-hybridized carbons (Fsp3) is 0.357. The van der Waals surface area contributed by atoms with E-state index in [1.54, 1.807) is 11.3 Å². The third-order valence-electron chi connectivity index (χ3n) is 2.75. The topological polar surface area (TPSA) is 24.9 Å². The molecule has 0 bridgehead atoms. The normalized spacial score (nSPS) is 12.6. The maximum absolute atomic E-state index is 5.97. The van der Waals surface area contributed by atoms with E-state index in [-0.39, 0.29) is 0 Å². The van der Waals surface area contributed by atoms with E-state index >= 15 is 0 Å². The van der Waals surface area contributed by atoms with Gasteiger partial charge in [0.2, 0.25) is 0 Å². The Labute approximate surface area is 117 Å². The molecule has 0 aliphatic heterocycles. The highest BCUT2D eigenvalue weighted by Gasteiger charge is 2.04. The second kappa shape index (κ2) is 6.88. The Balaban J connectivity index is 1.73. The van der Waals surface area contributed by atoms with E-state index in [1.165, 1.54) is 10.6 Å². The van der Waals surface area contributed by atoms with Gasteiger partial charge in [-0.3, -0.25) is 0 Å². The van der Waals surface area contributed by atoms with Crippen molar-refractivity contribution in [3.63, 3.8) is 0 Å². The number of halogens is 1. The number of hydrogen-bond acceptors (Lipinski definition) is 3. The molecule has 0 radical (unpaired) electrons. The Morgan fingerprint density at radius 2 is 2.33 bits per heavy atom. The summed E-state index contributed by atoms with van der Waals surface area (Å²) in [6.45, 7) is 3.16. The van der Waals surface area contributed by atoms with Crippen molar-refractivity contribution < 1.29 is 0 Å². The minimum Gasteiger partial charge on any atom is -0.314 e. The number of nitrogens with one attached hydrogen (secondary N) is 1. The molecule has 1 aromatic heterocycles. The summed E-state index contributed by atoms with van der Waals surface area (Å²) in [4.78, 5) is 4.27. The van der Waals surface area contributed by atoms with Crippen molar-refractivity contribution in [3.05, 3.63) is 51.4 Å². The number of hydrogen-bond donors (Lipinski definition) is 1. The molecule has 1 heterocycles. The molecule has 2 aromatic rings. The summed E-state index contributed by atoms with van der Waals surface area (Å²) in [7, 11) is 0. The van der Waals surface area contributed by atoms with Gasteiger partial charge in [-0.1, -0.05) is 23.7 Å². The maximum Gasteiger partial charge on any atom is 0.0937 e. The molecule has 0 saturated carbocycles. The first kappa shape index (κ1) is 13.5. The molecule has 0 aliphatic carbocycles. The van der Waals surface area contributed by atoms with Gasteiger partial charge in [0, 0.05) is 35.6 Å². The largest absolute Gasteiger partial charge is 0.314 e. The van der Waals surface area contributed by atoms with Crippen LogP contribution >= 0.6 is 22.9 Å². The number of nitrogens with zero attached hydrogens (tertiary/aromatic N) is 1. The van der Waals surface area contributed by atoms with Gasteiger partial charge in [0.15, 0.2) is 0 Å². The van der Waals surface area contributed by atoms with Crippen molar-refractivity contribution in [2.75, 3.05) is 6.54 Å². The van der Waals surface area contributed by atoms with Crippen LogP contribution in [0.2, 0.25) is 5.02 Å². The smallest absolute Gasteiger partial charge is 0.0937 e. The highest BCUT2D eigenvalue weighted by molar-refractivity contribution is 7.09. The highest BCUT2D eigenvalue weighted by Crippen LogP contribution is 2.12. The van der Waals surface area contributed by atoms with Gasteiger partial charge in [0.05, 0.1) is 5.01 Å². The summed E-state index contributed by atoms with van der Waals surface area (Å²) in [6.07, 6.45) is 3.85. The fourth-order valence-electron chi connectivity index (χ4n) is 1.89. The molecule has 0 spiro atoms. The monoisotopic (exact) mass is 280 g/mol. The standard InChI is InChI=1S/C14H17ClN2S/c1-11(9-12-3-2-4-13(15)10-12)16-6-5-14-17-7-8-18-14/h2-4,7-8,10-11,16H,5-6,9H2,1H3. The van der Waals surface area contributed by atoms with Gasteiger partial charge in [0.25, 0.3) is 0 Å². The summed E-state index contributed by atoms with van der Waals surface area (Å²) in [5.41, 5.74) is 1.27. The fourth-order valence-corrected chi connectivity index (χ4v) is 2.72. The zero-order valence-corrected chi connectivity index (χ0v) is 12.0. The van der Waals surface area contributed by atoms with E-state index < -0.39 is 0 Å². The van der Waals surface area contributed by atoms with Crippen LogP contribution in [0.25, 0.3) is 0 Å². The van der Waals surface area contributed by atoms with Gasteiger partial charge in [0.1, 0.15) is 0 Å². The van der Waals surface area contributed by atoms with Crippen molar-refractivity contribution in [2.45, 2.75) is 25.8 Å². The van der Waals surface area contributed by atoms with Crippen LogP contribution in [0.3, 0.4) is 0 Å². The van der Waals surface area contributed by atoms with E-state index in [0.717, 1.165) is 24.4 Å². The first-order valence-electron chi connectivity index (χ1n) is 6.10. The van der Waals surface area contributed by atoms with Crippen molar-refractivity contribution >= 4 is 22.9 Å². The van der Waals surface area contributed by atoms with Crippen LogP contribution in [0.1, 0.15) is 17.5 Å². The predicted octanol–water partition coefficient (Wildman–Crippen LogP) is 3.56. The summed E-state index contributed by atoms with van der Waals surface area (Å²) in [5, 5.41) is 7.53.